The van der Waals surface area contributed by atoms with Gasteiger partial charge in [-0.25, -0.2) is 40.7 Å². The summed E-state index contributed by atoms with van der Waals surface area (Å²) in [5.74, 6) is 2.40. The van der Waals surface area contributed by atoms with Crippen molar-refractivity contribution in [3.8, 4) is 17.2 Å². The first-order valence-electron chi connectivity index (χ1n) is 26.3. The van der Waals surface area contributed by atoms with Gasteiger partial charge in [0.15, 0.2) is 0 Å². The van der Waals surface area contributed by atoms with Gasteiger partial charge in [-0.3, -0.25) is 4.79 Å². The van der Waals surface area contributed by atoms with Crippen LogP contribution in [0.15, 0.2) is 147 Å². The zero-order chi connectivity index (χ0) is 61.3. The summed E-state index contributed by atoms with van der Waals surface area (Å²) < 4.78 is 90.6. The van der Waals surface area contributed by atoms with Gasteiger partial charge in [-0.1, -0.05) is 147 Å². The summed E-state index contributed by atoms with van der Waals surface area (Å²) in [6.45, 7) is 16.2. The molecule has 0 aromatic heterocycles. The Morgan fingerprint density at radius 1 is 0.530 bits per heavy atom. The molecule has 0 saturated carbocycles. The SMILES string of the molecule is C1CCOC1.CCCCOc1ccc(Br)cc1.CCCCOc1ccc(C(O)c2ccc(Cl)c(S(N)(=O)=O)c2)cc1.CCCCOc1ccc(C(O)c2ccc(Cl)c(S(N)(=O)=O)c2)cc1.NS(=O)(=O)c1cc(C=O)ccc1Cl.[CH2-]CCC.[Li+]. The van der Waals surface area contributed by atoms with Gasteiger partial charge in [0.1, 0.15) is 50.4 Å². The van der Waals surface area contributed by atoms with Gasteiger partial charge in [-0.2, -0.15) is 6.42 Å². The molecular weight excluding hydrogens is 1250 g/mol. The van der Waals surface area contributed by atoms with Crippen molar-refractivity contribution in [2.24, 2.45) is 15.4 Å². The maximum absolute atomic E-state index is 11.5. The molecule has 1 aliphatic heterocycles. The van der Waals surface area contributed by atoms with E-state index in [4.69, 9.17) is 69.2 Å². The van der Waals surface area contributed by atoms with Crippen LogP contribution in [-0.2, 0) is 34.8 Å². The average Bonchev–Trinajstić information content (AvgIpc) is 4.11. The predicted octanol–water partition coefficient (Wildman–Crippen LogP) is 10.3. The standard InChI is InChI=1S/2C17H20ClNO4S.C10H13BrO.C7H6ClNO3S.C4H8O.C4H9.Li/c2*1-2-3-10-23-14-7-4-12(5-8-14)17(20)13-6-9-15(18)16(11-13)24(19,21)22;1-2-3-8-12-10-6-4-9(11)5-7-10;8-6-2-1-5(4-10)3-7(6)13(9,11)12;1-2-4-5-3-1;1-3-4-2;/h2*4-9,11,17,20H,2-3,10H2,1H3,(H2,19,21,22);4-7H,2-3,8H2,1H3;1-4H,(H2,9,11,12);1-4H2;1,3-4H2,2H3;/q;;;;;-1;+1. The number of aliphatic hydroxyl groups is 2. The van der Waals surface area contributed by atoms with Crippen LogP contribution in [0.3, 0.4) is 0 Å². The van der Waals surface area contributed by atoms with Gasteiger partial charge >= 0.3 is 18.9 Å². The molecule has 2 atom stereocenters. The Morgan fingerprint density at radius 3 is 1.11 bits per heavy atom. The molecule has 24 heteroatoms. The molecule has 7 rings (SSSR count). The first kappa shape index (κ1) is 77.0. The van der Waals surface area contributed by atoms with Crippen LogP contribution in [-0.4, -0.2) is 74.8 Å². The Hall–Kier alpha value is -4.05. The molecule has 452 valence electrons. The van der Waals surface area contributed by atoms with Crippen LogP contribution in [0.1, 0.15) is 137 Å². The molecule has 0 aliphatic carbocycles. The van der Waals surface area contributed by atoms with Gasteiger partial charge in [0.25, 0.3) is 0 Å². The number of ether oxygens (including phenoxy) is 4. The van der Waals surface area contributed by atoms with E-state index >= 15 is 0 Å². The quantitative estimate of drug-likeness (QED) is 0.0194. The fraction of sp³-hybridized carbons (Fsp3) is 0.356. The van der Waals surface area contributed by atoms with E-state index in [1.807, 2.05) is 24.3 Å². The second-order valence-corrected chi connectivity index (χ2v) is 24.7. The van der Waals surface area contributed by atoms with Crippen LogP contribution in [0.4, 0.5) is 0 Å². The van der Waals surface area contributed by atoms with Crippen molar-refractivity contribution in [3.63, 3.8) is 0 Å². The fourth-order valence-corrected chi connectivity index (χ4v) is 10.1. The van der Waals surface area contributed by atoms with Crippen LogP contribution in [0.25, 0.3) is 0 Å². The molecule has 6 aromatic carbocycles. The molecule has 83 heavy (non-hydrogen) atoms. The largest absolute Gasteiger partial charge is 1.00 e. The van der Waals surface area contributed by atoms with E-state index in [0.29, 0.717) is 41.8 Å². The number of aliphatic hydroxyl groups excluding tert-OH is 2. The maximum atomic E-state index is 11.5. The molecular formula is C59H76BrCl3LiN3O13S3. The third-order valence-corrected chi connectivity index (χ3v) is 15.9. The number of carbonyl (C=O) groups excluding carboxylic acids is 1. The van der Waals surface area contributed by atoms with Crippen molar-refractivity contribution < 1.29 is 78.1 Å². The first-order chi connectivity index (χ1) is 38.8. The second kappa shape index (κ2) is 41.1. The third-order valence-electron chi connectivity index (χ3n) is 11.2. The Balaban J connectivity index is 0.000000541. The summed E-state index contributed by atoms with van der Waals surface area (Å²) in [4.78, 5) is 9.66. The van der Waals surface area contributed by atoms with Gasteiger partial charge in [-0.15, -0.1) is 0 Å². The number of carbonyl (C=O) groups is 1. The number of nitrogens with two attached hydrogens (primary N) is 3. The van der Waals surface area contributed by atoms with Gasteiger partial charge < -0.3 is 36.1 Å². The summed E-state index contributed by atoms with van der Waals surface area (Å²) in [5.41, 5.74) is 2.22. The number of aldehydes is 1. The molecule has 16 nitrogen and oxygen atoms in total. The van der Waals surface area contributed by atoms with E-state index in [1.165, 1.54) is 62.1 Å². The number of primary sulfonamides is 3. The number of hydrogen-bond donors (Lipinski definition) is 5. The zero-order valence-corrected chi connectivity index (χ0v) is 53.8. The molecule has 0 radical (unpaired) electrons. The number of rotatable bonds is 21. The summed E-state index contributed by atoms with van der Waals surface area (Å²) in [6, 6.07) is 34.3. The van der Waals surface area contributed by atoms with Crippen molar-refractivity contribution >= 4 is 87.1 Å². The van der Waals surface area contributed by atoms with Crippen LogP contribution in [0, 0.1) is 6.92 Å². The summed E-state index contributed by atoms with van der Waals surface area (Å²) in [6.07, 6.45) is 9.73. The van der Waals surface area contributed by atoms with Gasteiger partial charge in [-0.05, 0) is 139 Å². The minimum absolute atomic E-state index is 0. The Kier molecular flexibility index (Phi) is 38.1. The van der Waals surface area contributed by atoms with Crippen LogP contribution < -0.4 is 48.5 Å². The number of benzene rings is 6. The molecule has 0 amide bonds. The van der Waals surface area contributed by atoms with E-state index < -0.39 is 42.3 Å². The van der Waals surface area contributed by atoms with Crippen molar-refractivity contribution in [1.29, 1.82) is 0 Å². The third kappa shape index (κ3) is 30.2. The van der Waals surface area contributed by atoms with Crippen molar-refractivity contribution in [2.75, 3.05) is 33.0 Å². The number of hydrogen-bond acceptors (Lipinski definition) is 13. The molecule has 1 fully saturated rings. The van der Waals surface area contributed by atoms with Crippen molar-refractivity contribution in [2.45, 2.75) is 119 Å². The first-order valence-corrected chi connectivity index (χ1v) is 32.9. The zero-order valence-electron chi connectivity index (χ0n) is 47.5. The normalized spacial score (nSPS) is 12.4. The van der Waals surface area contributed by atoms with Gasteiger partial charge in [0, 0.05) is 23.2 Å². The van der Waals surface area contributed by atoms with Gasteiger partial charge in [0.2, 0.25) is 30.1 Å². The Bertz CT molecular complexity index is 3020. The van der Waals surface area contributed by atoms with Crippen molar-refractivity contribution in [1.82, 2.24) is 0 Å². The number of halogens is 4. The van der Waals surface area contributed by atoms with Crippen LogP contribution in [0.2, 0.25) is 15.1 Å². The van der Waals surface area contributed by atoms with Crippen molar-refractivity contribution in [3.05, 3.63) is 182 Å². The summed E-state index contributed by atoms with van der Waals surface area (Å²) in [7, 11) is -11.8. The van der Waals surface area contributed by atoms with Crippen LogP contribution >= 0.6 is 50.7 Å². The van der Waals surface area contributed by atoms with E-state index in [-0.39, 0.29) is 54.2 Å². The maximum Gasteiger partial charge on any atom is 1.00 e. The topological polar surface area (TPSA) is 275 Å². The van der Waals surface area contributed by atoms with E-state index in [0.717, 1.165) is 86.1 Å². The summed E-state index contributed by atoms with van der Waals surface area (Å²) >= 11 is 20.6. The molecule has 1 aliphatic rings. The molecule has 1 heterocycles. The molecule has 0 bridgehead atoms. The summed E-state index contributed by atoms with van der Waals surface area (Å²) in [5, 5.41) is 36.1. The van der Waals surface area contributed by atoms with E-state index in [9.17, 15) is 40.3 Å². The monoisotopic (exact) mass is 1320 g/mol. The fourth-order valence-electron chi connectivity index (χ4n) is 6.55. The Morgan fingerprint density at radius 2 is 0.831 bits per heavy atom. The van der Waals surface area contributed by atoms with Gasteiger partial charge in [0.05, 0.1) is 34.9 Å². The van der Waals surface area contributed by atoms with E-state index in [1.54, 1.807) is 60.7 Å². The second-order valence-electron chi connectivity index (χ2n) is 18.0. The predicted molar refractivity (Wildman–Crippen MR) is 331 cm³/mol. The minimum atomic E-state index is -3.95. The Labute approximate surface area is 527 Å². The van der Waals surface area contributed by atoms with Crippen LogP contribution in [0.5, 0.6) is 17.2 Å². The smallest absolute Gasteiger partial charge is 0.494 e. The molecule has 0 spiro atoms. The molecule has 8 N–H and O–H groups in total. The van der Waals surface area contributed by atoms with E-state index in [2.05, 4.69) is 50.5 Å². The molecule has 1 saturated heterocycles. The average molecular weight is 1320 g/mol. The molecule has 6 aromatic rings. The minimum Gasteiger partial charge on any atom is -0.494 e. The number of unbranched alkanes of at least 4 members (excludes halogenated alkanes) is 4. The number of sulfonamides is 3. The molecule has 2 unspecified atom stereocenters.